The number of carbonyl (C=O) groups excluding carboxylic acids is 1. The van der Waals surface area contributed by atoms with Crippen LogP contribution in [0.3, 0.4) is 0 Å². The normalized spacial score (nSPS) is 10.8. The monoisotopic (exact) mass is 365 g/mol. The zero-order valence-electron chi connectivity index (χ0n) is 14.2. The maximum atomic E-state index is 12.5. The number of fused-ring (bicyclic) bond motifs is 1. The molecule has 4 aromatic rings. The average molecular weight is 365 g/mol. The highest BCUT2D eigenvalue weighted by atomic mass is 32.1. The van der Waals surface area contributed by atoms with Crippen LogP contribution in [0.5, 0.6) is 11.5 Å². The Morgan fingerprint density at radius 1 is 1.08 bits per heavy atom. The summed E-state index contributed by atoms with van der Waals surface area (Å²) in [5.74, 6) is 1.36. The van der Waals surface area contributed by atoms with Gasteiger partial charge in [0.15, 0.2) is 16.5 Å². The average Bonchev–Trinajstić information content (AvgIpc) is 3.30. The van der Waals surface area contributed by atoms with Gasteiger partial charge < -0.3 is 13.9 Å². The third-order valence-electron chi connectivity index (χ3n) is 3.95. The lowest BCUT2D eigenvalue weighted by Crippen LogP contribution is -2.10. The van der Waals surface area contributed by atoms with Crippen molar-refractivity contribution in [2.45, 2.75) is 6.92 Å². The largest absolute Gasteiger partial charge is 0.497 e. The number of aromatic nitrogens is 1. The van der Waals surface area contributed by atoms with Gasteiger partial charge in [-0.1, -0.05) is 12.1 Å². The number of hydrogen-bond donors (Lipinski definition) is 0. The van der Waals surface area contributed by atoms with Crippen LogP contribution in [0, 0.1) is 6.92 Å². The molecule has 0 aliphatic carbocycles. The molecule has 2 heterocycles. The molecule has 6 heteroatoms. The number of ether oxygens (including phenoxy) is 2. The Kier molecular flexibility index (Phi) is 4.18. The Labute approximate surface area is 153 Å². The fraction of sp³-hybridized carbons (Fsp3) is 0.100. The molecule has 130 valence electrons. The van der Waals surface area contributed by atoms with Crippen LogP contribution in [0.2, 0.25) is 0 Å². The van der Waals surface area contributed by atoms with Crippen molar-refractivity contribution in [2.24, 2.45) is 0 Å². The highest BCUT2D eigenvalue weighted by molar-refractivity contribution is 7.15. The summed E-state index contributed by atoms with van der Waals surface area (Å²) in [4.78, 5) is 17.7. The zero-order chi connectivity index (χ0) is 18.1. The van der Waals surface area contributed by atoms with E-state index in [-0.39, 0.29) is 0 Å². The summed E-state index contributed by atoms with van der Waals surface area (Å²) in [6.45, 7) is 1.84. The summed E-state index contributed by atoms with van der Waals surface area (Å²) in [6, 6.07) is 14.8. The number of furan rings is 1. The van der Waals surface area contributed by atoms with E-state index in [0.29, 0.717) is 22.2 Å². The molecule has 0 radical (unpaired) electrons. The Hall–Kier alpha value is -3.12. The van der Waals surface area contributed by atoms with Crippen LogP contribution in [-0.2, 0) is 0 Å². The van der Waals surface area contributed by atoms with Gasteiger partial charge in [0.25, 0.3) is 0 Å². The molecule has 0 amide bonds. The summed E-state index contributed by atoms with van der Waals surface area (Å²) in [5, 5.41) is 2.62. The highest BCUT2D eigenvalue weighted by Crippen LogP contribution is 2.29. The van der Waals surface area contributed by atoms with Crippen LogP contribution in [0.1, 0.15) is 15.4 Å². The van der Waals surface area contributed by atoms with Crippen molar-refractivity contribution in [2.75, 3.05) is 7.11 Å². The third kappa shape index (κ3) is 3.07. The maximum Gasteiger partial charge on any atom is 0.363 e. The molecule has 0 fully saturated rings. The first kappa shape index (κ1) is 16.4. The molecular formula is C20H15NO4S. The molecule has 26 heavy (non-hydrogen) atoms. The van der Waals surface area contributed by atoms with Crippen molar-refractivity contribution in [3.8, 4) is 22.3 Å². The van der Waals surface area contributed by atoms with Gasteiger partial charge in [0.05, 0.1) is 13.4 Å². The van der Waals surface area contributed by atoms with Gasteiger partial charge in [-0.3, -0.25) is 0 Å². The second kappa shape index (κ2) is 6.65. The van der Waals surface area contributed by atoms with Crippen LogP contribution in [-0.4, -0.2) is 18.1 Å². The molecule has 2 aromatic heterocycles. The van der Waals surface area contributed by atoms with E-state index in [9.17, 15) is 4.79 Å². The van der Waals surface area contributed by atoms with Gasteiger partial charge >= 0.3 is 5.97 Å². The first-order chi connectivity index (χ1) is 12.6. The topological polar surface area (TPSA) is 61.6 Å². The number of rotatable bonds is 4. The molecule has 0 atom stereocenters. The zero-order valence-corrected chi connectivity index (χ0v) is 15.0. The Morgan fingerprint density at radius 2 is 1.85 bits per heavy atom. The third-order valence-corrected chi connectivity index (χ3v) is 4.94. The maximum absolute atomic E-state index is 12.5. The molecule has 0 saturated carbocycles. The van der Waals surface area contributed by atoms with Gasteiger partial charge in [0.2, 0.25) is 0 Å². The predicted octanol–water partition coefficient (Wildman–Crippen LogP) is 5.09. The van der Waals surface area contributed by atoms with E-state index in [2.05, 4.69) is 4.98 Å². The Bertz CT molecular complexity index is 1080. The summed E-state index contributed by atoms with van der Waals surface area (Å²) < 4.78 is 16.1. The number of methoxy groups -OCH3 is 1. The van der Waals surface area contributed by atoms with Crippen molar-refractivity contribution in [1.29, 1.82) is 0 Å². The molecule has 0 N–H and O–H groups in total. The summed E-state index contributed by atoms with van der Waals surface area (Å²) in [7, 11) is 1.62. The quantitative estimate of drug-likeness (QED) is 0.372. The lowest BCUT2D eigenvalue weighted by molar-refractivity contribution is 0.0729. The summed E-state index contributed by atoms with van der Waals surface area (Å²) >= 11 is 1.40. The van der Waals surface area contributed by atoms with Crippen LogP contribution in [0.15, 0.2) is 59.2 Å². The van der Waals surface area contributed by atoms with E-state index >= 15 is 0 Å². The number of aryl methyl sites for hydroxylation is 1. The van der Waals surface area contributed by atoms with Crippen molar-refractivity contribution in [1.82, 2.24) is 4.98 Å². The number of benzene rings is 2. The van der Waals surface area contributed by atoms with Gasteiger partial charge in [-0.15, -0.1) is 11.3 Å². The molecule has 2 aromatic carbocycles. The Balaban J connectivity index is 1.61. The fourth-order valence-electron chi connectivity index (χ4n) is 2.64. The number of carbonyl (C=O) groups is 1. The Morgan fingerprint density at radius 3 is 2.58 bits per heavy atom. The minimum absolute atomic E-state index is 0.298. The first-order valence-electron chi connectivity index (χ1n) is 7.95. The molecule has 0 spiro atoms. The molecule has 0 aliphatic heterocycles. The second-order valence-electron chi connectivity index (χ2n) is 5.67. The lowest BCUT2D eigenvalue weighted by atomic mass is 10.1. The molecular weight excluding hydrogens is 350 g/mol. The molecule has 0 saturated heterocycles. The summed E-state index contributed by atoms with van der Waals surface area (Å²) in [5.41, 5.74) is 0.298. The van der Waals surface area contributed by atoms with Gasteiger partial charge in [0, 0.05) is 4.88 Å². The minimum Gasteiger partial charge on any atom is -0.497 e. The number of nitrogens with zero attached hydrogens (tertiary/aromatic N) is 1. The molecule has 0 bridgehead atoms. The summed E-state index contributed by atoms with van der Waals surface area (Å²) in [6.07, 6.45) is 1.58. The highest BCUT2D eigenvalue weighted by Gasteiger charge is 2.19. The number of esters is 1. The van der Waals surface area contributed by atoms with Crippen molar-refractivity contribution in [3.63, 3.8) is 0 Å². The smallest absolute Gasteiger partial charge is 0.363 e. The minimum atomic E-state index is -0.487. The molecule has 0 aliphatic rings. The number of thiazole rings is 1. The first-order valence-corrected chi connectivity index (χ1v) is 8.77. The van der Waals surface area contributed by atoms with Gasteiger partial charge in [-0.2, -0.15) is 0 Å². The van der Waals surface area contributed by atoms with Crippen molar-refractivity contribution < 1.29 is 18.7 Å². The molecule has 0 unspecified atom stereocenters. The van der Waals surface area contributed by atoms with Crippen molar-refractivity contribution in [3.05, 3.63) is 65.4 Å². The predicted molar refractivity (Wildman–Crippen MR) is 100 cm³/mol. The standard InChI is InChI=1S/C20H15NO4S/c1-12-18(21-19(26-12)17-4-3-9-24-17)20(22)25-16-8-6-13-5-7-15(23-2)10-14(13)11-16/h3-11H,1-2H3. The molecule has 4 rings (SSSR count). The van der Waals surface area contributed by atoms with E-state index in [0.717, 1.165) is 21.4 Å². The van der Waals surface area contributed by atoms with Crippen LogP contribution >= 0.6 is 11.3 Å². The van der Waals surface area contributed by atoms with Gasteiger partial charge in [-0.25, -0.2) is 9.78 Å². The van der Waals surface area contributed by atoms with E-state index in [1.165, 1.54) is 11.3 Å². The molecule has 5 nitrogen and oxygen atoms in total. The van der Waals surface area contributed by atoms with Gasteiger partial charge in [-0.05, 0) is 54.1 Å². The van der Waals surface area contributed by atoms with E-state index in [1.54, 1.807) is 25.5 Å². The van der Waals surface area contributed by atoms with Crippen LogP contribution < -0.4 is 9.47 Å². The lowest BCUT2D eigenvalue weighted by Gasteiger charge is -2.06. The van der Waals surface area contributed by atoms with E-state index in [1.807, 2.05) is 43.3 Å². The van der Waals surface area contributed by atoms with Gasteiger partial charge in [0.1, 0.15) is 11.5 Å². The SMILES string of the molecule is COc1ccc2ccc(OC(=O)c3nc(-c4ccco4)sc3C)cc2c1. The van der Waals surface area contributed by atoms with Crippen LogP contribution in [0.4, 0.5) is 0 Å². The fourth-order valence-corrected chi connectivity index (χ4v) is 3.51. The van der Waals surface area contributed by atoms with E-state index < -0.39 is 5.97 Å². The van der Waals surface area contributed by atoms with E-state index in [4.69, 9.17) is 13.9 Å². The second-order valence-corrected chi connectivity index (χ2v) is 6.87. The number of hydrogen-bond acceptors (Lipinski definition) is 6. The van der Waals surface area contributed by atoms with Crippen molar-refractivity contribution >= 4 is 28.1 Å². The van der Waals surface area contributed by atoms with Crippen LogP contribution in [0.25, 0.3) is 21.5 Å².